The van der Waals surface area contributed by atoms with Crippen LogP contribution in [-0.2, 0) is 9.53 Å². The van der Waals surface area contributed by atoms with E-state index in [1.165, 1.54) is 10.5 Å². The van der Waals surface area contributed by atoms with Gasteiger partial charge in [0.2, 0.25) is 0 Å². The molecule has 0 amide bonds. The van der Waals surface area contributed by atoms with E-state index in [0.717, 1.165) is 5.75 Å². The lowest BCUT2D eigenvalue weighted by molar-refractivity contribution is -0.149. The smallest absolute Gasteiger partial charge is 0.325 e. The number of aryl methyl sites for hydroxylation is 1. The predicted molar refractivity (Wildman–Crippen MR) is 75.7 cm³/mol. The first kappa shape index (κ1) is 15.1. The Kier molecular flexibility index (Phi) is 5.69. The van der Waals surface area contributed by atoms with Crippen molar-refractivity contribution in [3.63, 3.8) is 0 Å². The molecular formula is C14H21NO2S. The Hall–Kier alpha value is -1.00. The monoisotopic (exact) mass is 267 g/mol. The molecule has 0 aliphatic carbocycles. The highest BCUT2D eigenvalue weighted by Gasteiger charge is 2.29. The average Bonchev–Trinajstić information content (AvgIpc) is 2.29. The van der Waals surface area contributed by atoms with E-state index in [4.69, 9.17) is 10.5 Å². The van der Waals surface area contributed by atoms with E-state index in [0.29, 0.717) is 13.0 Å². The summed E-state index contributed by atoms with van der Waals surface area (Å²) < 4.78 is 4.96. The van der Waals surface area contributed by atoms with Crippen LogP contribution in [0.2, 0.25) is 0 Å². The standard InChI is InChI=1S/C14H21NO2S/c1-4-17-13(16)14(3,15)8-9-18-12-7-5-6-11(2)10-12/h5-7,10H,4,8-9,15H2,1-3H3. The number of ether oxygens (including phenoxy) is 1. The second-order valence-corrected chi connectivity index (χ2v) is 5.72. The van der Waals surface area contributed by atoms with Crippen molar-refractivity contribution in [1.29, 1.82) is 0 Å². The molecule has 1 aromatic carbocycles. The Balaban J connectivity index is 2.43. The summed E-state index contributed by atoms with van der Waals surface area (Å²) in [5.41, 5.74) is 6.29. The van der Waals surface area contributed by atoms with Crippen LogP contribution in [0.15, 0.2) is 29.2 Å². The number of benzene rings is 1. The van der Waals surface area contributed by atoms with Gasteiger partial charge in [-0.25, -0.2) is 0 Å². The molecule has 0 bridgehead atoms. The van der Waals surface area contributed by atoms with Crippen LogP contribution in [-0.4, -0.2) is 23.9 Å². The number of esters is 1. The summed E-state index contributed by atoms with van der Waals surface area (Å²) in [7, 11) is 0. The lowest BCUT2D eigenvalue weighted by Crippen LogP contribution is -2.46. The van der Waals surface area contributed by atoms with Crippen LogP contribution in [0.3, 0.4) is 0 Å². The van der Waals surface area contributed by atoms with Gasteiger partial charge in [-0.3, -0.25) is 4.79 Å². The number of hydrogen-bond acceptors (Lipinski definition) is 4. The zero-order valence-corrected chi connectivity index (χ0v) is 12.0. The predicted octanol–water partition coefficient (Wildman–Crippen LogP) is 2.76. The van der Waals surface area contributed by atoms with Crippen molar-refractivity contribution in [2.75, 3.05) is 12.4 Å². The van der Waals surface area contributed by atoms with E-state index in [2.05, 4.69) is 25.1 Å². The van der Waals surface area contributed by atoms with E-state index in [1.807, 2.05) is 6.07 Å². The highest BCUT2D eigenvalue weighted by atomic mass is 32.2. The normalized spacial score (nSPS) is 14.0. The van der Waals surface area contributed by atoms with Gasteiger partial charge in [0, 0.05) is 10.6 Å². The molecule has 1 unspecified atom stereocenters. The molecule has 0 spiro atoms. The second-order valence-electron chi connectivity index (χ2n) is 4.55. The Morgan fingerprint density at radius 2 is 2.22 bits per heavy atom. The topological polar surface area (TPSA) is 52.3 Å². The molecule has 100 valence electrons. The largest absolute Gasteiger partial charge is 0.465 e. The van der Waals surface area contributed by atoms with E-state index >= 15 is 0 Å². The summed E-state index contributed by atoms with van der Waals surface area (Å²) in [4.78, 5) is 12.8. The van der Waals surface area contributed by atoms with Crippen molar-refractivity contribution in [2.45, 2.75) is 37.6 Å². The molecule has 1 aromatic rings. The van der Waals surface area contributed by atoms with Gasteiger partial charge in [-0.15, -0.1) is 11.8 Å². The Morgan fingerprint density at radius 1 is 1.50 bits per heavy atom. The summed E-state index contributed by atoms with van der Waals surface area (Å²) in [6, 6.07) is 8.29. The van der Waals surface area contributed by atoms with E-state index < -0.39 is 5.54 Å². The van der Waals surface area contributed by atoms with Crippen molar-refractivity contribution in [3.8, 4) is 0 Å². The molecular weight excluding hydrogens is 246 g/mol. The molecule has 4 heteroatoms. The molecule has 2 N–H and O–H groups in total. The third-order valence-electron chi connectivity index (χ3n) is 2.62. The number of carbonyl (C=O) groups is 1. The Labute approximate surface area is 113 Å². The maximum Gasteiger partial charge on any atom is 0.325 e. The molecule has 3 nitrogen and oxygen atoms in total. The molecule has 0 aliphatic heterocycles. The van der Waals surface area contributed by atoms with Crippen molar-refractivity contribution in [2.24, 2.45) is 5.73 Å². The SMILES string of the molecule is CCOC(=O)C(C)(N)CCSc1cccc(C)c1. The number of thioether (sulfide) groups is 1. The average molecular weight is 267 g/mol. The van der Waals surface area contributed by atoms with Crippen LogP contribution in [0.1, 0.15) is 25.8 Å². The number of nitrogens with two attached hydrogens (primary N) is 1. The molecule has 0 radical (unpaired) electrons. The van der Waals surface area contributed by atoms with Crippen LogP contribution in [0.5, 0.6) is 0 Å². The fraction of sp³-hybridized carbons (Fsp3) is 0.500. The number of hydrogen-bond donors (Lipinski definition) is 1. The molecule has 0 saturated carbocycles. The summed E-state index contributed by atoms with van der Waals surface area (Å²) in [5.74, 6) is 0.477. The van der Waals surface area contributed by atoms with Gasteiger partial charge in [0.15, 0.2) is 0 Å². The molecule has 18 heavy (non-hydrogen) atoms. The van der Waals surface area contributed by atoms with Crippen molar-refractivity contribution >= 4 is 17.7 Å². The molecule has 0 heterocycles. The van der Waals surface area contributed by atoms with Crippen LogP contribution in [0.25, 0.3) is 0 Å². The molecule has 0 aromatic heterocycles. The van der Waals surface area contributed by atoms with Gasteiger partial charge in [-0.2, -0.15) is 0 Å². The van der Waals surface area contributed by atoms with Crippen molar-refractivity contribution in [3.05, 3.63) is 29.8 Å². The minimum Gasteiger partial charge on any atom is -0.465 e. The molecule has 1 atom stereocenters. The lowest BCUT2D eigenvalue weighted by atomic mass is 10.0. The zero-order chi connectivity index (χ0) is 13.6. The minimum absolute atomic E-state index is 0.324. The first-order valence-corrected chi connectivity index (χ1v) is 7.10. The van der Waals surface area contributed by atoms with Crippen LogP contribution in [0.4, 0.5) is 0 Å². The van der Waals surface area contributed by atoms with E-state index in [9.17, 15) is 4.79 Å². The third-order valence-corrected chi connectivity index (χ3v) is 3.62. The molecule has 0 saturated heterocycles. The van der Waals surface area contributed by atoms with Gasteiger partial charge in [0.1, 0.15) is 5.54 Å². The zero-order valence-electron chi connectivity index (χ0n) is 11.2. The lowest BCUT2D eigenvalue weighted by Gasteiger charge is -2.21. The summed E-state index contributed by atoms with van der Waals surface area (Å²) in [5, 5.41) is 0. The fourth-order valence-corrected chi connectivity index (χ4v) is 2.69. The van der Waals surface area contributed by atoms with Crippen LogP contribution in [0, 0.1) is 6.92 Å². The number of rotatable bonds is 6. The highest BCUT2D eigenvalue weighted by molar-refractivity contribution is 7.99. The van der Waals surface area contributed by atoms with Gasteiger partial charge >= 0.3 is 5.97 Å². The Morgan fingerprint density at radius 3 is 2.83 bits per heavy atom. The number of carbonyl (C=O) groups excluding carboxylic acids is 1. The van der Waals surface area contributed by atoms with Crippen LogP contribution >= 0.6 is 11.8 Å². The summed E-state index contributed by atoms with van der Waals surface area (Å²) in [6.45, 7) is 5.95. The van der Waals surface area contributed by atoms with Gasteiger partial charge < -0.3 is 10.5 Å². The maximum atomic E-state index is 11.6. The summed E-state index contributed by atoms with van der Waals surface area (Å²) in [6.07, 6.45) is 0.602. The molecule has 0 fully saturated rings. The van der Waals surface area contributed by atoms with Gasteiger partial charge in [0.25, 0.3) is 0 Å². The first-order chi connectivity index (χ1) is 8.45. The van der Waals surface area contributed by atoms with Gasteiger partial charge in [0.05, 0.1) is 6.61 Å². The molecule has 0 aliphatic rings. The minimum atomic E-state index is -0.896. The second kappa shape index (κ2) is 6.81. The van der Waals surface area contributed by atoms with Gasteiger partial charge in [-0.1, -0.05) is 17.7 Å². The quantitative estimate of drug-likeness (QED) is 0.636. The third kappa shape index (κ3) is 4.70. The van der Waals surface area contributed by atoms with E-state index in [-0.39, 0.29) is 5.97 Å². The fourth-order valence-electron chi connectivity index (χ4n) is 1.48. The maximum absolute atomic E-state index is 11.6. The summed E-state index contributed by atoms with van der Waals surface area (Å²) >= 11 is 1.71. The van der Waals surface area contributed by atoms with Crippen molar-refractivity contribution in [1.82, 2.24) is 0 Å². The van der Waals surface area contributed by atoms with Gasteiger partial charge in [-0.05, 0) is 39.3 Å². The van der Waals surface area contributed by atoms with Crippen LogP contribution < -0.4 is 5.73 Å². The van der Waals surface area contributed by atoms with Crippen molar-refractivity contribution < 1.29 is 9.53 Å². The Bertz CT molecular complexity index is 405. The highest BCUT2D eigenvalue weighted by Crippen LogP contribution is 2.22. The first-order valence-electron chi connectivity index (χ1n) is 6.11. The molecule has 1 rings (SSSR count). The van der Waals surface area contributed by atoms with E-state index in [1.54, 1.807) is 25.6 Å².